The molecule has 1 heterocycles. The summed E-state index contributed by atoms with van der Waals surface area (Å²) in [5, 5.41) is 3.19. The Morgan fingerprint density at radius 2 is 1.69 bits per heavy atom. The summed E-state index contributed by atoms with van der Waals surface area (Å²) in [6.07, 6.45) is 2.50. The maximum Gasteiger partial charge on any atom is 0.235 e. The lowest BCUT2D eigenvalue weighted by Crippen LogP contribution is -2.44. The topological polar surface area (TPSA) is 47.6 Å². The molecule has 0 bridgehead atoms. The monoisotopic (exact) mass is 395 g/mol. The fraction of sp³-hybridized carbons (Fsp3) is 0.480. The average molecular weight is 396 g/mol. The Labute approximate surface area is 174 Å². The predicted octanol–water partition coefficient (Wildman–Crippen LogP) is 5.48. The van der Waals surface area contributed by atoms with Gasteiger partial charge in [-0.05, 0) is 75.8 Å². The first-order valence-corrected chi connectivity index (χ1v) is 10.6. The summed E-state index contributed by atoms with van der Waals surface area (Å²) < 4.78 is 11.6. The molecule has 1 aliphatic rings. The molecule has 3 rings (SSSR count). The minimum atomic E-state index is -0.556. The van der Waals surface area contributed by atoms with Crippen molar-refractivity contribution in [2.75, 3.05) is 18.5 Å². The summed E-state index contributed by atoms with van der Waals surface area (Å²) in [6, 6.07) is 12.3. The largest absolute Gasteiger partial charge is 0.490 e. The number of anilines is 1. The third-order valence-corrected chi connectivity index (χ3v) is 6.00. The molecule has 1 fully saturated rings. The van der Waals surface area contributed by atoms with E-state index >= 15 is 0 Å². The predicted molar refractivity (Wildman–Crippen MR) is 118 cm³/mol. The number of carbonyl (C=O) groups is 1. The minimum Gasteiger partial charge on any atom is -0.490 e. The van der Waals surface area contributed by atoms with Crippen LogP contribution in [0.3, 0.4) is 0 Å². The maximum absolute atomic E-state index is 13.5. The number of nitrogens with one attached hydrogen (secondary N) is 1. The molecule has 0 spiro atoms. The number of ether oxygens (including phenoxy) is 2. The van der Waals surface area contributed by atoms with Crippen LogP contribution in [0.5, 0.6) is 5.75 Å². The van der Waals surface area contributed by atoms with Crippen molar-refractivity contribution >= 4 is 11.6 Å². The maximum atomic E-state index is 13.5. The lowest BCUT2D eigenvalue weighted by atomic mass is 9.73. The zero-order valence-corrected chi connectivity index (χ0v) is 18.3. The molecule has 0 radical (unpaired) electrons. The summed E-state index contributed by atoms with van der Waals surface area (Å²) in [5.74, 6) is 0.954. The Bertz CT molecular complexity index is 828. The van der Waals surface area contributed by atoms with Crippen molar-refractivity contribution in [3.63, 3.8) is 0 Å². The van der Waals surface area contributed by atoms with Gasteiger partial charge in [0, 0.05) is 18.9 Å². The lowest BCUT2D eigenvalue weighted by molar-refractivity contribution is -0.125. The average Bonchev–Trinajstić information content (AvgIpc) is 2.71. The fourth-order valence-corrected chi connectivity index (χ4v) is 3.98. The highest BCUT2D eigenvalue weighted by molar-refractivity contribution is 5.99. The van der Waals surface area contributed by atoms with E-state index < -0.39 is 5.41 Å². The van der Waals surface area contributed by atoms with Gasteiger partial charge in [-0.25, -0.2) is 0 Å². The van der Waals surface area contributed by atoms with E-state index in [0.717, 1.165) is 34.5 Å². The van der Waals surface area contributed by atoms with Gasteiger partial charge in [0.05, 0.1) is 11.5 Å². The van der Waals surface area contributed by atoms with Gasteiger partial charge in [0.15, 0.2) is 0 Å². The Morgan fingerprint density at radius 1 is 1.10 bits per heavy atom. The van der Waals surface area contributed by atoms with Crippen molar-refractivity contribution in [2.45, 2.75) is 65.4 Å². The van der Waals surface area contributed by atoms with Crippen LogP contribution in [0.25, 0.3) is 0 Å². The highest BCUT2D eigenvalue weighted by Crippen LogP contribution is 2.37. The molecule has 2 aromatic rings. The zero-order valence-electron chi connectivity index (χ0n) is 18.3. The molecule has 0 unspecified atom stereocenters. The third kappa shape index (κ3) is 4.64. The van der Waals surface area contributed by atoms with Crippen LogP contribution >= 0.6 is 0 Å². The molecule has 0 aromatic heterocycles. The molecule has 29 heavy (non-hydrogen) atoms. The summed E-state index contributed by atoms with van der Waals surface area (Å²) in [5.41, 5.74) is 4.60. The van der Waals surface area contributed by atoms with Crippen LogP contribution in [0, 0.1) is 20.8 Å². The van der Waals surface area contributed by atoms with Gasteiger partial charge in [-0.3, -0.25) is 4.79 Å². The van der Waals surface area contributed by atoms with E-state index in [9.17, 15) is 4.79 Å². The van der Waals surface area contributed by atoms with Crippen LogP contribution in [0.15, 0.2) is 36.4 Å². The van der Waals surface area contributed by atoms with Crippen LogP contribution in [0.2, 0.25) is 0 Å². The molecular formula is C25H33NO3. The number of hydrogen-bond donors (Lipinski definition) is 1. The third-order valence-electron chi connectivity index (χ3n) is 6.00. The fourth-order valence-electron chi connectivity index (χ4n) is 3.98. The number of hydrogen-bond acceptors (Lipinski definition) is 3. The molecule has 4 heteroatoms. The molecule has 156 valence electrons. The van der Waals surface area contributed by atoms with Gasteiger partial charge in [0.2, 0.25) is 5.91 Å². The quantitative estimate of drug-likeness (QED) is 0.705. The van der Waals surface area contributed by atoms with Gasteiger partial charge in [-0.2, -0.15) is 0 Å². The SMILES string of the molecule is CC[C@@H](C)Oc1c(C)cc(NC(=O)C2(c3ccc(C)cc3)CCOCC2)cc1C. The summed E-state index contributed by atoms with van der Waals surface area (Å²) in [6.45, 7) is 11.5. The molecule has 2 aromatic carbocycles. The summed E-state index contributed by atoms with van der Waals surface area (Å²) in [4.78, 5) is 13.5. The number of amides is 1. The smallest absolute Gasteiger partial charge is 0.235 e. The Morgan fingerprint density at radius 3 is 2.24 bits per heavy atom. The van der Waals surface area contributed by atoms with Gasteiger partial charge in [0.25, 0.3) is 0 Å². The van der Waals surface area contributed by atoms with Gasteiger partial charge in [-0.15, -0.1) is 0 Å². The molecule has 1 N–H and O–H groups in total. The molecular weight excluding hydrogens is 362 g/mol. The first-order valence-electron chi connectivity index (χ1n) is 10.6. The number of aryl methyl sites for hydroxylation is 3. The van der Waals surface area contributed by atoms with Crippen LogP contribution in [-0.4, -0.2) is 25.2 Å². The Hall–Kier alpha value is -2.33. The molecule has 0 saturated carbocycles. The van der Waals surface area contributed by atoms with E-state index in [1.165, 1.54) is 5.56 Å². The first kappa shape index (κ1) is 21.4. The standard InChI is InChI=1S/C25H33NO3/c1-6-20(5)29-23-18(3)15-22(16-19(23)4)26-24(27)25(11-13-28-14-12-25)21-9-7-17(2)8-10-21/h7-10,15-16,20H,6,11-14H2,1-5H3,(H,26,27)/t20-/m1/s1. The van der Waals surface area contributed by atoms with Gasteiger partial charge >= 0.3 is 0 Å². The van der Waals surface area contributed by atoms with E-state index in [1.54, 1.807) is 0 Å². The van der Waals surface area contributed by atoms with Gasteiger partial charge in [-0.1, -0.05) is 36.8 Å². The Balaban J connectivity index is 1.87. The van der Waals surface area contributed by atoms with Gasteiger partial charge < -0.3 is 14.8 Å². The van der Waals surface area contributed by atoms with Crippen molar-refractivity contribution in [2.24, 2.45) is 0 Å². The van der Waals surface area contributed by atoms with E-state index in [-0.39, 0.29) is 12.0 Å². The van der Waals surface area contributed by atoms with Crippen molar-refractivity contribution in [3.8, 4) is 5.75 Å². The first-order chi connectivity index (χ1) is 13.9. The second kappa shape index (κ2) is 9.00. The molecule has 1 saturated heterocycles. The number of rotatable bonds is 6. The van der Waals surface area contributed by atoms with E-state index in [0.29, 0.717) is 26.1 Å². The van der Waals surface area contributed by atoms with Crippen molar-refractivity contribution in [1.82, 2.24) is 0 Å². The van der Waals surface area contributed by atoms with E-state index in [2.05, 4.69) is 50.4 Å². The molecule has 1 atom stereocenters. The van der Waals surface area contributed by atoms with Crippen molar-refractivity contribution < 1.29 is 14.3 Å². The second-order valence-electron chi connectivity index (χ2n) is 8.29. The van der Waals surface area contributed by atoms with Gasteiger partial charge in [0.1, 0.15) is 5.75 Å². The number of benzene rings is 2. The lowest BCUT2D eigenvalue weighted by Gasteiger charge is -2.36. The van der Waals surface area contributed by atoms with Crippen molar-refractivity contribution in [3.05, 3.63) is 58.7 Å². The molecule has 0 aliphatic carbocycles. The normalized spacial score (nSPS) is 16.9. The Kier molecular flexibility index (Phi) is 6.63. The van der Waals surface area contributed by atoms with Crippen LogP contribution in [0.1, 0.15) is 55.4 Å². The van der Waals surface area contributed by atoms with Crippen LogP contribution in [0.4, 0.5) is 5.69 Å². The molecule has 1 amide bonds. The minimum absolute atomic E-state index is 0.0408. The summed E-state index contributed by atoms with van der Waals surface area (Å²) >= 11 is 0. The molecule has 1 aliphatic heterocycles. The second-order valence-corrected chi connectivity index (χ2v) is 8.29. The zero-order chi connectivity index (χ0) is 21.0. The summed E-state index contributed by atoms with van der Waals surface area (Å²) in [7, 11) is 0. The highest BCUT2D eigenvalue weighted by atomic mass is 16.5. The number of carbonyl (C=O) groups excluding carboxylic acids is 1. The van der Waals surface area contributed by atoms with E-state index in [4.69, 9.17) is 9.47 Å². The highest BCUT2D eigenvalue weighted by Gasteiger charge is 2.41. The molecule has 4 nitrogen and oxygen atoms in total. The van der Waals surface area contributed by atoms with Crippen LogP contribution < -0.4 is 10.1 Å². The van der Waals surface area contributed by atoms with Crippen molar-refractivity contribution in [1.29, 1.82) is 0 Å². The van der Waals surface area contributed by atoms with E-state index in [1.807, 2.05) is 26.0 Å². The van der Waals surface area contributed by atoms with Crippen LogP contribution in [-0.2, 0) is 14.9 Å².